The summed E-state index contributed by atoms with van der Waals surface area (Å²) in [6, 6.07) is 2.14. The number of methoxy groups -OCH3 is 1. The quantitative estimate of drug-likeness (QED) is 0.790. The molecule has 0 aliphatic rings. The average molecular weight is 356 g/mol. The summed E-state index contributed by atoms with van der Waals surface area (Å²) >= 11 is 3.68. The van der Waals surface area contributed by atoms with Crippen molar-refractivity contribution in [3.05, 3.63) is 27.2 Å². The lowest BCUT2D eigenvalue weighted by atomic mass is 9.77. The molecule has 0 aromatic heterocycles. The summed E-state index contributed by atoms with van der Waals surface area (Å²) in [4.78, 5) is 0. The van der Waals surface area contributed by atoms with E-state index in [9.17, 15) is 0 Å². The molecule has 2 nitrogen and oxygen atoms in total. The maximum Gasteiger partial charge on any atom is 0.125 e. The number of ether oxygens (including phenoxy) is 1. The molecule has 1 N–H and O–H groups in total. The van der Waals surface area contributed by atoms with Gasteiger partial charge in [0.05, 0.1) is 7.11 Å². The Morgan fingerprint density at radius 1 is 1.14 bits per heavy atom. The number of rotatable bonds is 5. The molecule has 0 saturated carbocycles. The van der Waals surface area contributed by atoms with E-state index in [0.717, 1.165) is 23.2 Å². The van der Waals surface area contributed by atoms with Gasteiger partial charge in [0.25, 0.3) is 0 Å². The molecule has 0 heterocycles. The first-order valence-corrected chi connectivity index (χ1v) is 8.38. The first-order chi connectivity index (χ1) is 9.49. The van der Waals surface area contributed by atoms with Gasteiger partial charge in [0.2, 0.25) is 0 Å². The SMILES string of the molecule is COc1c(C)cc(Br)c(C)c1C(C)(C)CCNC(C)(C)C. The minimum absolute atomic E-state index is 0.0578. The average Bonchev–Trinajstić information content (AvgIpc) is 2.31. The van der Waals surface area contributed by atoms with Gasteiger partial charge in [-0.15, -0.1) is 0 Å². The van der Waals surface area contributed by atoms with E-state index in [4.69, 9.17) is 4.74 Å². The largest absolute Gasteiger partial charge is 0.496 e. The zero-order valence-electron chi connectivity index (χ0n) is 14.8. The second kappa shape index (κ2) is 6.70. The Hall–Kier alpha value is -0.540. The van der Waals surface area contributed by atoms with E-state index >= 15 is 0 Å². The molecule has 1 aromatic carbocycles. The minimum atomic E-state index is 0.0578. The molecule has 0 amide bonds. The van der Waals surface area contributed by atoms with Crippen molar-refractivity contribution in [3.63, 3.8) is 0 Å². The van der Waals surface area contributed by atoms with E-state index in [-0.39, 0.29) is 11.0 Å². The zero-order valence-corrected chi connectivity index (χ0v) is 16.4. The Labute approximate surface area is 138 Å². The van der Waals surface area contributed by atoms with Crippen LogP contribution >= 0.6 is 15.9 Å². The molecule has 1 aromatic rings. The van der Waals surface area contributed by atoms with Gasteiger partial charge in [-0.3, -0.25) is 0 Å². The zero-order chi connectivity index (χ0) is 16.4. The van der Waals surface area contributed by atoms with Crippen LogP contribution in [0.1, 0.15) is 57.7 Å². The van der Waals surface area contributed by atoms with Gasteiger partial charge in [0, 0.05) is 15.6 Å². The molecule has 21 heavy (non-hydrogen) atoms. The second-order valence-electron chi connectivity index (χ2n) is 7.52. The monoisotopic (exact) mass is 355 g/mol. The molecule has 0 radical (unpaired) electrons. The molecular formula is C18H30BrNO. The van der Waals surface area contributed by atoms with Crippen LogP contribution in [0.4, 0.5) is 0 Å². The molecular weight excluding hydrogens is 326 g/mol. The number of hydrogen-bond donors (Lipinski definition) is 1. The minimum Gasteiger partial charge on any atom is -0.496 e. The van der Waals surface area contributed by atoms with Crippen LogP contribution in [0.15, 0.2) is 10.5 Å². The lowest BCUT2D eigenvalue weighted by molar-refractivity contribution is 0.358. The fourth-order valence-electron chi connectivity index (χ4n) is 2.80. The molecule has 0 bridgehead atoms. The Kier molecular flexibility index (Phi) is 5.91. The summed E-state index contributed by atoms with van der Waals surface area (Å²) in [5.74, 6) is 1.02. The summed E-state index contributed by atoms with van der Waals surface area (Å²) in [6.07, 6.45) is 1.07. The van der Waals surface area contributed by atoms with Crippen LogP contribution < -0.4 is 10.1 Å². The number of hydrogen-bond acceptors (Lipinski definition) is 2. The number of halogens is 1. The van der Waals surface area contributed by atoms with Gasteiger partial charge < -0.3 is 10.1 Å². The highest BCUT2D eigenvalue weighted by Gasteiger charge is 2.28. The van der Waals surface area contributed by atoms with Gasteiger partial charge in [-0.2, -0.15) is 0 Å². The van der Waals surface area contributed by atoms with E-state index in [1.165, 1.54) is 16.7 Å². The summed E-state index contributed by atoms with van der Waals surface area (Å²) in [5.41, 5.74) is 3.98. The summed E-state index contributed by atoms with van der Waals surface area (Å²) in [7, 11) is 1.77. The molecule has 0 saturated heterocycles. The standard InChI is InChI=1S/C18H30BrNO/c1-12-11-14(19)13(2)15(16(12)21-8)18(6,7)9-10-20-17(3,4)5/h11,20H,9-10H2,1-8H3. The van der Waals surface area contributed by atoms with Crippen molar-refractivity contribution >= 4 is 15.9 Å². The smallest absolute Gasteiger partial charge is 0.125 e. The fraction of sp³-hybridized carbons (Fsp3) is 0.667. The van der Waals surface area contributed by atoms with E-state index in [1.54, 1.807) is 7.11 Å². The van der Waals surface area contributed by atoms with Crippen LogP contribution in [0.5, 0.6) is 5.75 Å². The number of nitrogens with one attached hydrogen (secondary N) is 1. The topological polar surface area (TPSA) is 21.3 Å². The Bertz CT molecular complexity index is 501. The van der Waals surface area contributed by atoms with Crippen molar-refractivity contribution in [1.82, 2.24) is 5.32 Å². The molecule has 0 atom stereocenters. The van der Waals surface area contributed by atoms with Gasteiger partial charge in [-0.25, -0.2) is 0 Å². The Morgan fingerprint density at radius 2 is 1.71 bits per heavy atom. The van der Waals surface area contributed by atoms with E-state index in [0.29, 0.717) is 0 Å². The van der Waals surface area contributed by atoms with E-state index < -0.39 is 0 Å². The molecule has 3 heteroatoms. The molecule has 0 aliphatic carbocycles. The number of benzene rings is 1. The van der Waals surface area contributed by atoms with Crippen molar-refractivity contribution in [2.75, 3.05) is 13.7 Å². The predicted molar refractivity (Wildman–Crippen MR) is 95.6 cm³/mol. The van der Waals surface area contributed by atoms with E-state index in [2.05, 4.69) is 75.8 Å². The fourth-order valence-corrected chi connectivity index (χ4v) is 3.35. The second-order valence-corrected chi connectivity index (χ2v) is 8.37. The van der Waals surface area contributed by atoms with Gasteiger partial charge in [-0.05, 0) is 70.2 Å². The summed E-state index contributed by atoms with van der Waals surface area (Å²) in [6.45, 7) is 16.5. The molecule has 0 fully saturated rings. The van der Waals surface area contributed by atoms with Gasteiger partial charge in [-0.1, -0.05) is 29.8 Å². The maximum atomic E-state index is 5.70. The van der Waals surface area contributed by atoms with Crippen molar-refractivity contribution in [2.45, 2.75) is 65.8 Å². The van der Waals surface area contributed by atoms with E-state index in [1.807, 2.05) is 0 Å². The van der Waals surface area contributed by atoms with Gasteiger partial charge in [0.1, 0.15) is 5.75 Å². The molecule has 0 unspecified atom stereocenters. The Balaban J connectivity index is 3.12. The third-order valence-corrected chi connectivity index (χ3v) is 4.77. The van der Waals surface area contributed by atoms with Crippen molar-refractivity contribution in [2.24, 2.45) is 0 Å². The summed E-state index contributed by atoms with van der Waals surface area (Å²) < 4.78 is 6.86. The molecule has 0 aliphatic heterocycles. The van der Waals surface area contributed by atoms with Gasteiger partial charge >= 0.3 is 0 Å². The highest BCUT2D eigenvalue weighted by Crippen LogP contribution is 2.41. The lowest BCUT2D eigenvalue weighted by Crippen LogP contribution is -2.38. The van der Waals surface area contributed by atoms with Crippen LogP contribution in [0.25, 0.3) is 0 Å². The normalized spacial score (nSPS) is 12.6. The Morgan fingerprint density at radius 3 is 2.19 bits per heavy atom. The highest BCUT2D eigenvalue weighted by molar-refractivity contribution is 9.10. The van der Waals surface area contributed by atoms with Crippen LogP contribution in [0.2, 0.25) is 0 Å². The van der Waals surface area contributed by atoms with Crippen LogP contribution in [-0.2, 0) is 5.41 Å². The van der Waals surface area contributed by atoms with Crippen LogP contribution in [0.3, 0.4) is 0 Å². The van der Waals surface area contributed by atoms with Crippen LogP contribution in [-0.4, -0.2) is 19.2 Å². The third-order valence-electron chi connectivity index (χ3n) is 3.95. The lowest BCUT2D eigenvalue weighted by Gasteiger charge is -2.32. The molecule has 120 valence electrons. The van der Waals surface area contributed by atoms with Crippen LogP contribution in [0, 0.1) is 13.8 Å². The predicted octanol–water partition coefficient (Wildman–Crippen LogP) is 5.13. The summed E-state index contributed by atoms with van der Waals surface area (Å²) in [5, 5.41) is 3.58. The van der Waals surface area contributed by atoms with Gasteiger partial charge in [0.15, 0.2) is 0 Å². The van der Waals surface area contributed by atoms with Crippen molar-refractivity contribution in [1.29, 1.82) is 0 Å². The number of aryl methyl sites for hydroxylation is 1. The maximum absolute atomic E-state index is 5.70. The molecule has 1 rings (SSSR count). The first-order valence-electron chi connectivity index (χ1n) is 7.59. The third kappa shape index (κ3) is 4.72. The highest BCUT2D eigenvalue weighted by atomic mass is 79.9. The van der Waals surface area contributed by atoms with Crippen molar-refractivity contribution in [3.8, 4) is 5.75 Å². The van der Waals surface area contributed by atoms with Crippen molar-refractivity contribution < 1.29 is 4.74 Å². The molecule has 0 spiro atoms. The first kappa shape index (κ1) is 18.5.